The average Bonchev–Trinajstić information content (AvgIpc) is 3.16. The van der Waals surface area contributed by atoms with Gasteiger partial charge in [-0.2, -0.15) is 0 Å². The van der Waals surface area contributed by atoms with Crippen LogP contribution < -0.4 is 15.1 Å². The third-order valence-electron chi connectivity index (χ3n) is 5.85. The molecule has 0 saturated carbocycles. The second-order valence-corrected chi connectivity index (χ2v) is 9.54. The molecule has 3 aromatic carbocycles. The summed E-state index contributed by atoms with van der Waals surface area (Å²) in [6.45, 7) is 0.301. The Morgan fingerprint density at radius 2 is 1.85 bits per heavy atom. The van der Waals surface area contributed by atoms with Crippen molar-refractivity contribution >= 4 is 58.1 Å². The van der Waals surface area contributed by atoms with Crippen molar-refractivity contribution in [2.75, 3.05) is 28.7 Å². The van der Waals surface area contributed by atoms with Crippen molar-refractivity contribution in [2.24, 2.45) is 5.92 Å². The van der Waals surface area contributed by atoms with Crippen molar-refractivity contribution in [1.82, 2.24) is 0 Å². The fraction of sp³-hybridized carbons (Fsp3) is 0.160. The molecule has 166 valence electrons. The number of rotatable bonds is 3. The van der Waals surface area contributed by atoms with Gasteiger partial charge in [0, 0.05) is 46.2 Å². The number of anilines is 3. The highest BCUT2D eigenvalue weighted by atomic mass is 35.5. The number of benzene rings is 3. The van der Waals surface area contributed by atoms with Crippen LogP contribution in [0.5, 0.6) is 0 Å². The number of carbonyl (C=O) groups excluding carboxylic acids is 3. The summed E-state index contributed by atoms with van der Waals surface area (Å²) in [5.41, 5.74) is 2.75. The van der Waals surface area contributed by atoms with Gasteiger partial charge in [-0.3, -0.25) is 14.4 Å². The minimum absolute atomic E-state index is 0.0702. The van der Waals surface area contributed by atoms with E-state index in [1.165, 1.54) is 11.8 Å². The molecule has 3 amide bonds. The number of fused-ring (bicyclic) bond motifs is 2. The van der Waals surface area contributed by atoms with E-state index in [4.69, 9.17) is 11.6 Å². The summed E-state index contributed by atoms with van der Waals surface area (Å²) >= 11 is 7.55. The number of nitrogens with zero attached hydrogens (tertiary/aromatic N) is 2. The van der Waals surface area contributed by atoms with Crippen LogP contribution in [0, 0.1) is 5.92 Å². The second kappa shape index (κ2) is 8.57. The maximum Gasteiger partial charge on any atom is 0.259 e. The number of hydrogen-bond acceptors (Lipinski definition) is 4. The lowest BCUT2D eigenvalue weighted by Crippen LogP contribution is -2.28. The van der Waals surface area contributed by atoms with Gasteiger partial charge in [0.05, 0.1) is 17.2 Å². The molecule has 0 aliphatic carbocycles. The van der Waals surface area contributed by atoms with Gasteiger partial charge in [-0.15, -0.1) is 0 Å². The summed E-state index contributed by atoms with van der Waals surface area (Å²) in [6, 6.07) is 20.0. The highest BCUT2D eigenvalue weighted by Crippen LogP contribution is 2.42. The van der Waals surface area contributed by atoms with E-state index in [-0.39, 0.29) is 24.1 Å². The lowest BCUT2D eigenvalue weighted by Gasteiger charge is -2.19. The zero-order valence-corrected chi connectivity index (χ0v) is 19.3. The van der Waals surface area contributed by atoms with Crippen molar-refractivity contribution in [3.63, 3.8) is 0 Å². The topological polar surface area (TPSA) is 69.7 Å². The Morgan fingerprint density at radius 3 is 2.67 bits per heavy atom. The summed E-state index contributed by atoms with van der Waals surface area (Å²) in [6.07, 6.45) is 0.142. The monoisotopic (exact) mass is 477 g/mol. The highest BCUT2D eigenvalue weighted by Gasteiger charge is 2.35. The third kappa shape index (κ3) is 4.10. The summed E-state index contributed by atoms with van der Waals surface area (Å²) in [5.74, 6) is -0.852. The molecule has 0 aromatic heterocycles. The molecule has 33 heavy (non-hydrogen) atoms. The van der Waals surface area contributed by atoms with E-state index in [0.29, 0.717) is 28.5 Å². The van der Waals surface area contributed by atoms with Gasteiger partial charge in [0.2, 0.25) is 11.8 Å². The van der Waals surface area contributed by atoms with E-state index in [1.807, 2.05) is 42.5 Å². The van der Waals surface area contributed by atoms with Gasteiger partial charge in [-0.25, -0.2) is 0 Å². The predicted molar refractivity (Wildman–Crippen MR) is 130 cm³/mol. The number of amides is 3. The van der Waals surface area contributed by atoms with E-state index in [2.05, 4.69) is 5.32 Å². The first-order valence-electron chi connectivity index (χ1n) is 10.5. The Hall–Kier alpha value is -3.29. The van der Waals surface area contributed by atoms with Gasteiger partial charge in [0.25, 0.3) is 5.91 Å². The minimum Gasteiger partial charge on any atom is -0.326 e. The normalized spacial score (nSPS) is 17.5. The van der Waals surface area contributed by atoms with E-state index < -0.39 is 5.92 Å². The largest absolute Gasteiger partial charge is 0.326 e. The smallest absolute Gasteiger partial charge is 0.259 e. The van der Waals surface area contributed by atoms with E-state index in [0.717, 1.165) is 15.5 Å². The number of halogens is 1. The Morgan fingerprint density at radius 1 is 1.03 bits per heavy atom. The molecule has 2 heterocycles. The molecule has 8 heteroatoms. The Labute approximate surface area is 200 Å². The third-order valence-corrected chi connectivity index (χ3v) is 7.20. The zero-order chi connectivity index (χ0) is 23.1. The number of carbonyl (C=O) groups is 3. The van der Waals surface area contributed by atoms with Gasteiger partial charge >= 0.3 is 0 Å². The molecule has 2 aliphatic rings. The van der Waals surface area contributed by atoms with Gasteiger partial charge in [0.1, 0.15) is 0 Å². The summed E-state index contributed by atoms with van der Waals surface area (Å²) in [7, 11) is 1.75. The number of nitrogens with one attached hydrogen (secondary N) is 1. The Balaban J connectivity index is 1.35. The fourth-order valence-electron chi connectivity index (χ4n) is 4.11. The van der Waals surface area contributed by atoms with Crippen LogP contribution >= 0.6 is 23.4 Å². The highest BCUT2D eigenvalue weighted by molar-refractivity contribution is 7.99. The van der Waals surface area contributed by atoms with Crippen molar-refractivity contribution in [3.8, 4) is 0 Å². The molecule has 1 atom stereocenters. The van der Waals surface area contributed by atoms with Crippen molar-refractivity contribution in [3.05, 3.63) is 77.3 Å². The fourth-order valence-corrected chi connectivity index (χ4v) is 5.44. The molecule has 3 aromatic rings. The summed E-state index contributed by atoms with van der Waals surface area (Å²) in [4.78, 5) is 43.3. The predicted octanol–water partition coefficient (Wildman–Crippen LogP) is 5.07. The molecule has 1 unspecified atom stereocenters. The average molecular weight is 478 g/mol. The van der Waals surface area contributed by atoms with Crippen LogP contribution in [0.2, 0.25) is 5.02 Å². The van der Waals surface area contributed by atoms with Crippen molar-refractivity contribution in [2.45, 2.75) is 16.2 Å². The molecule has 1 N–H and O–H groups in total. The Bertz CT molecular complexity index is 1300. The van der Waals surface area contributed by atoms with Gasteiger partial charge in [-0.05, 0) is 48.5 Å². The van der Waals surface area contributed by atoms with Gasteiger partial charge < -0.3 is 15.1 Å². The first-order valence-corrected chi connectivity index (χ1v) is 11.7. The number of hydrogen-bond donors (Lipinski definition) is 1. The molecule has 1 saturated heterocycles. The molecule has 0 radical (unpaired) electrons. The second-order valence-electron chi connectivity index (χ2n) is 8.02. The van der Waals surface area contributed by atoms with Crippen LogP contribution in [0.4, 0.5) is 17.1 Å². The van der Waals surface area contributed by atoms with E-state index in [1.54, 1.807) is 41.1 Å². The maximum absolute atomic E-state index is 13.0. The molecule has 2 aliphatic heterocycles. The van der Waals surface area contributed by atoms with Crippen LogP contribution in [0.15, 0.2) is 76.5 Å². The first kappa shape index (κ1) is 21.6. The maximum atomic E-state index is 13.0. The molecular weight excluding hydrogens is 458 g/mol. The summed E-state index contributed by atoms with van der Waals surface area (Å²) < 4.78 is 0. The van der Waals surface area contributed by atoms with Crippen LogP contribution in [-0.4, -0.2) is 31.3 Å². The molecule has 5 rings (SSSR count). The lowest BCUT2D eigenvalue weighted by atomic mass is 10.1. The molecule has 1 fully saturated rings. The molecule has 0 bridgehead atoms. The molecule has 0 spiro atoms. The van der Waals surface area contributed by atoms with Crippen LogP contribution in [0.3, 0.4) is 0 Å². The quantitative estimate of drug-likeness (QED) is 0.571. The van der Waals surface area contributed by atoms with Gasteiger partial charge in [0.15, 0.2) is 0 Å². The van der Waals surface area contributed by atoms with Crippen molar-refractivity contribution in [1.29, 1.82) is 0 Å². The zero-order valence-electron chi connectivity index (χ0n) is 17.7. The van der Waals surface area contributed by atoms with E-state index in [9.17, 15) is 14.4 Å². The van der Waals surface area contributed by atoms with Crippen molar-refractivity contribution < 1.29 is 14.4 Å². The van der Waals surface area contributed by atoms with Gasteiger partial charge in [-0.1, -0.05) is 41.6 Å². The van der Waals surface area contributed by atoms with Crippen LogP contribution in [0.1, 0.15) is 16.8 Å². The SMILES string of the molecule is CN1C(=O)c2ccccc2Sc2cc(NC(=O)C3CC(=O)N(c4cccc(Cl)c4)C3)ccc21. The summed E-state index contributed by atoms with van der Waals surface area (Å²) in [5, 5.41) is 3.49. The van der Waals surface area contributed by atoms with Crippen LogP contribution in [-0.2, 0) is 9.59 Å². The minimum atomic E-state index is -0.465. The molecular formula is C25H20ClN3O3S. The standard InChI is InChI=1S/C25H20ClN3O3S/c1-28-20-10-9-17(13-22(20)33-21-8-3-2-7-19(21)25(28)32)27-24(31)15-11-23(30)29(14-15)18-6-4-5-16(26)12-18/h2-10,12-13,15H,11,14H2,1H3,(H,27,31). The Kier molecular flexibility index (Phi) is 5.60. The first-order chi connectivity index (χ1) is 15.9. The lowest BCUT2D eigenvalue weighted by molar-refractivity contribution is -0.122. The van der Waals surface area contributed by atoms with Crippen LogP contribution in [0.25, 0.3) is 0 Å². The van der Waals surface area contributed by atoms with E-state index >= 15 is 0 Å². The molecule has 6 nitrogen and oxygen atoms in total.